The summed E-state index contributed by atoms with van der Waals surface area (Å²) in [5.74, 6) is 7.57. The average molecular weight is 300 g/mol. The molecular weight excluding hydrogens is 284 g/mol. The van der Waals surface area contributed by atoms with Gasteiger partial charge in [0.15, 0.2) is 0 Å². The Labute approximate surface area is 128 Å². The van der Waals surface area contributed by atoms with Gasteiger partial charge in [-0.05, 0) is 23.8 Å². The molecule has 4 nitrogen and oxygen atoms in total. The van der Waals surface area contributed by atoms with Gasteiger partial charge in [0.25, 0.3) is 0 Å². The van der Waals surface area contributed by atoms with Gasteiger partial charge in [-0.2, -0.15) is 0 Å². The van der Waals surface area contributed by atoms with E-state index in [4.69, 9.17) is 9.84 Å². The van der Waals surface area contributed by atoms with Crippen LogP contribution in [0.1, 0.15) is 17.5 Å². The maximum Gasteiger partial charge on any atom is 0.119 e. The third-order valence-electron chi connectivity index (χ3n) is 2.69. The van der Waals surface area contributed by atoms with Crippen molar-refractivity contribution in [2.24, 2.45) is 0 Å². The molecule has 0 aliphatic heterocycles. The number of rotatable bonds is 5. The van der Waals surface area contributed by atoms with Gasteiger partial charge in [0, 0.05) is 30.1 Å². The highest BCUT2D eigenvalue weighted by Gasteiger charge is 2.05. The van der Waals surface area contributed by atoms with Crippen LogP contribution in [0, 0.1) is 11.8 Å². The molecule has 108 valence electrons. The van der Waals surface area contributed by atoms with Crippen LogP contribution in [0.15, 0.2) is 41.8 Å². The molecule has 21 heavy (non-hydrogen) atoms. The van der Waals surface area contributed by atoms with Gasteiger partial charge >= 0.3 is 0 Å². The summed E-state index contributed by atoms with van der Waals surface area (Å²) >= 11 is 1.60. The third-order valence-corrected chi connectivity index (χ3v) is 3.65. The van der Waals surface area contributed by atoms with Gasteiger partial charge in [0.05, 0.1) is 19.9 Å². The van der Waals surface area contributed by atoms with E-state index in [2.05, 4.69) is 21.8 Å². The van der Waals surface area contributed by atoms with Crippen LogP contribution in [0.4, 0.5) is 0 Å². The maximum absolute atomic E-state index is 8.81. The molecule has 0 aliphatic rings. The molecule has 5 heteroatoms. The van der Waals surface area contributed by atoms with Gasteiger partial charge in [0.1, 0.15) is 10.8 Å². The summed E-state index contributed by atoms with van der Waals surface area (Å²) in [6.45, 7) is 0.0762. The predicted octanol–water partition coefficient (Wildman–Crippen LogP) is 2.51. The highest BCUT2D eigenvalue weighted by Crippen LogP contribution is 2.25. The van der Waals surface area contributed by atoms with Crippen molar-refractivity contribution in [1.29, 1.82) is 0 Å². The number of benzene rings is 1. The standard InChI is InChI=1S/C16H16N2O2S/c1-20-15-6-5-13(4-2-3-9-19)14(10-15)12-21-16-11-17-7-8-18-16/h5-8,10-11,19H,3,9,12H2,1H3. The van der Waals surface area contributed by atoms with Crippen LogP contribution in [0.25, 0.3) is 0 Å². The number of methoxy groups -OCH3 is 1. The van der Waals surface area contributed by atoms with E-state index in [0.29, 0.717) is 6.42 Å². The van der Waals surface area contributed by atoms with Crippen LogP contribution in [-0.2, 0) is 5.75 Å². The van der Waals surface area contributed by atoms with Crippen LogP contribution in [0.5, 0.6) is 5.75 Å². The molecule has 0 saturated heterocycles. The summed E-state index contributed by atoms with van der Waals surface area (Å²) in [5.41, 5.74) is 2.02. The molecule has 0 radical (unpaired) electrons. The van der Waals surface area contributed by atoms with E-state index in [1.807, 2.05) is 18.2 Å². The fraction of sp³-hybridized carbons (Fsp3) is 0.250. The first kappa shape index (κ1) is 15.4. The molecule has 1 heterocycles. The van der Waals surface area contributed by atoms with E-state index < -0.39 is 0 Å². The Morgan fingerprint density at radius 3 is 2.95 bits per heavy atom. The van der Waals surface area contributed by atoms with Gasteiger partial charge in [-0.1, -0.05) is 11.8 Å². The van der Waals surface area contributed by atoms with Crippen molar-refractivity contribution in [2.45, 2.75) is 17.2 Å². The second-order valence-electron chi connectivity index (χ2n) is 4.13. The number of aliphatic hydroxyl groups is 1. The summed E-state index contributed by atoms with van der Waals surface area (Å²) in [4.78, 5) is 8.29. The first-order valence-electron chi connectivity index (χ1n) is 6.49. The van der Waals surface area contributed by atoms with Crippen molar-refractivity contribution in [3.63, 3.8) is 0 Å². The second kappa shape index (κ2) is 8.30. The zero-order valence-electron chi connectivity index (χ0n) is 11.7. The lowest BCUT2D eigenvalue weighted by Crippen LogP contribution is -1.92. The summed E-state index contributed by atoms with van der Waals surface area (Å²) in [7, 11) is 1.64. The lowest BCUT2D eigenvalue weighted by molar-refractivity contribution is 0.305. The maximum atomic E-state index is 8.81. The fourth-order valence-corrected chi connectivity index (χ4v) is 2.48. The summed E-state index contributed by atoms with van der Waals surface area (Å²) < 4.78 is 5.26. The molecule has 1 aromatic carbocycles. The summed E-state index contributed by atoms with van der Waals surface area (Å²) in [6.07, 6.45) is 5.54. The molecule has 2 rings (SSSR count). The van der Waals surface area contributed by atoms with Crippen molar-refractivity contribution in [3.05, 3.63) is 47.9 Å². The fourth-order valence-electron chi connectivity index (χ4n) is 1.66. The minimum Gasteiger partial charge on any atom is -0.497 e. The third kappa shape index (κ3) is 4.78. The van der Waals surface area contributed by atoms with Crippen molar-refractivity contribution >= 4 is 11.8 Å². The van der Waals surface area contributed by atoms with Crippen LogP contribution >= 0.6 is 11.8 Å². The lowest BCUT2D eigenvalue weighted by atomic mass is 10.1. The zero-order chi connectivity index (χ0) is 14.9. The normalized spacial score (nSPS) is 9.81. The van der Waals surface area contributed by atoms with Crippen molar-refractivity contribution in [1.82, 2.24) is 9.97 Å². The van der Waals surface area contributed by atoms with E-state index in [0.717, 1.165) is 27.7 Å². The van der Waals surface area contributed by atoms with Gasteiger partial charge < -0.3 is 9.84 Å². The van der Waals surface area contributed by atoms with Crippen molar-refractivity contribution in [2.75, 3.05) is 13.7 Å². The Bertz CT molecular complexity index is 636. The quantitative estimate of drug-likeness (QED) is 0.679. The van der Waals surface area contributed by atoms with Crippen LogP contribution in [0.2, 0.25) is 0 Å². The molecule has 1 N–H and O–H groups in total. The number of ether oxygens (including phenoxy) is 1. The average Bonchev–Trinajstić information content (AvgIpc) is 2.55. The Morgan fingerprint density at radius 2 is 2.24 bits per heavy atom. The van der Waals surface area contributed by atoms with E-state index >= 15 is 0 Å². The largest absolute Gasteiger partial charge is 0.497 e. The number of thioether (sulfide) groups is 1. The Morgan fingerprint density at radius 1 is 1.33 bits per heavy atom. The van der Waals surface area contributed by atoms with Crippen LogP contribution in [-0.4, -0.2) is 28.8 Å². The smallest absolute Gasteiger partial charge is 0.119 e. The molecule has 0 fully saturated rings. The van der Waals surface area contributed by atoms with Crippen molar-refractivity contribution in [3.8, 4) is 17.6 Å². The number of nitrogens with zero attached hydrogens (tertiary/aromatic N) is 2. The van der Waals surface area contributed by atoms with E-state index in [1.54, 1.807) is 37.5 Å². The first-order chi connectivity index (χ1) is 10.3. The molecule has 1 aromatic heterocycles. The Hall–Kier alpha value is -2.03. The van der Waals surface area contributed by atoms with E-state index in [9.17, 15) is 0 Å². The Kier molecular flexibility index (Phi) is 6.07. The predicted molar refractivity (Wildman–Crippen MR) is 83.2 cm³/mol. The summed E-state index contributed by atoms with van der Waals surface area (Å²) in [6, 6.07) is 5.81. The molecule has 0 saturated carbocycles. The lowest BCUT2D eigenvalue weighted by Gasteiger charge is -2.07. The molecule has 0 aliphatic carbocycles. The molecule has 0 bridgehead atoms. The minimum atomic E-state index is 0.0762. The number of hydrogen-bond acceptors (Lipinski definition) is 5. The SMILES string of the molecule is COc1ccc(C#CCCO)c(CSc2cnccn2)c1. The van der Waals surface area contributed by atoms with Gasteiger partial charge in [-0.3, -0.25) is 4.98 Å². The monoisotopic (exact) mass is 300 g/mol. The Balaban J connectivity index is 2.17. The molecule has 0 amide bonds. The topological polar surface area (TPSA) is 55.2 Å². The molecular formula is C16H16N2O2S. The molecule has 0 atom stereocenters. The zero-order valence-corrected chi connectivity index (χ0v) is 12.6. The molecule has 0 unspecified atom stereocenters. The van der Waals surface area contributed by atoms with Crippen molar-refractivity contribution < 1.29 is 9.84 Å². The highest BCUT2D eigenvalue weighted by molar-refractivity contribution is 7.98. The first-order valence-corrected chi connectivity index (χ1v) is 7.47. The summed E-state index contributed by atoms with van der Waals surface area (Å²) in [5, 5.41) is 9.68. The van der Waals surface area contributed by atoms with Gasteiger partial charge in [-0.15, -0.1) is 11.8 Å². The van der Waals surface area contributed by atoms with Crippen LogP contribution < -0.4 is 4.74 Å². The highest BCUT2D eigenvalue weighted by atomic mass is 32.2. The van der Waals surface area contributed by atoms with E-state index in [1.165, 1.54) is 0 Å². The minimum absolute atomic E-state index is 0.0762. The number of hydrogen-bond donors (Lipinski definition) is 1. The molecule has 0 spiro atoms. The number of aromatic nitrogens is 2. The van der Waals surface area contributed by atoms with E-state index in [-0.39, 0.29) is 6.61 Å². The second-order valence-corrected chi connectivity index (χ2v) is 5.13. The number of aliphatic hydroxyl groups excluding tert-OH is 1. The molecule has 2 aromatic rings. The van der Waals surface area contributed by atoms with Gasteiger partial charge in [0.2, 0.25) is 0 Å². The van der Waals surface area contributed by atoms with Gasteiger partial charge in [-0.25, -0.2) is 4.98 Å². The van der Waals surface area contributed by atoms with Crippen LogP contribution in [0.3, 0.4) is 0 Å².